The Bertz CT molecular complexity index is 796. The Balaban J connectivity index is 1.34. The summed E-state index contributed by atoms with van der Waals surface area (Å²) >= 11 is 0. The SMILES string of the molecule is O=C(Nc1ccccc1)[C@H]1CCCN(C[C@H](O)c2ccc3c(c2)OCO3)C1. The molecule has 0 radical (unpaired) electrons. The number of carbonyl (C=O) groups is 1. The zero-order valence-corrected chi connectivity index (χ0v) is 15.1. The summed E-state index contributed by atoms with van der Waals surface area (Å²) in [5.41, 5.74) is 1.62. The lowest BCUT2D eigenvalue weighted by atomic mass is 9.96. The number of nitrogens with zero attached hydrogens (tertiary/aromatic N) is 1. The predicted octanol–water partition coefficient (Wildman–Crippen LogP) is 2.80. The molecule has 2 aliphatic rings. The lowest BCUT2D eigenvalue weighted by Crippen LogP contribution is -2.42. The van der Waals surface area contributed by atoms with Gasteiger partial charge in [0.1, 0.15) is 0 Å². The summed E-state index contributed by atoms with van der Waals surface area (Å²) in [6.45, 7) is 2.25. The molecule has 142 valence electrons. The van der Waals surface area contributed by atoms with E-state index in [0.29, 0.717) is 24.6 Å². The largest absolute Gasteiger partial charge is 0.454 e. The van der Waals surface area contributed by atoms with Crippen LogP contribution < -0.4 is 14.8 Å². The normalized spacial score (nSPS) is 20.3. The van der Waals surface area contributed by atoms with Crippen molar-refractivity contribution in [3.63, 3.8) is 0 Å². The first-order valence-corrected chi connectivity index (χ1v) is 9.35. The van der Waals surface area contributed by atoms with Gasteiger partial charge in [0, 0.05) is 18.8 Å². The fourth-order valence-corrected chi connectivity index (χ4v) is 3.67. The number of anilines is 1. The van der Waals surface area contributed by atoms with E-state index in [2.05, 4.69) is 10.2 Å². The van der Waals surface area contributed by atoms with E-state index in [4.69, 9.17) is 9.47 Å². The summed E-state index contributed by atoms with van der Waals surface area (Å²) < 4.78 is 10.7. The number of piperidine rings is 1. The summed E-state index contributed by atoms with van der Waals surface area (Å²) in [7, 11) is 0. The monoisotopic (exact) mass is 368 g/mol. The van der Waals surface area contributed by atoms with Gasteiger partial charge in [-0.15, -0.1) is 0 Å². The number of ether oxygens (including phenoxy) is 2. The molecule has 4 rings (SSSR count). The lowest BCUT2D eigenvalue weighted by molar-refractivity contribution is -0.121. The molecule has 2 aromatic rings. The zero-order valence-electron chi connectivity index (χ0n) is 15.1. The highest BCUT2D eigenvalue weighted by atomic mass is 16.7. The second-order valence-corrected chi connectivity index (χ2v) is 7.08. The van der Waals surface area contributed by atoms with Crippen LogP contribution in [0.3, 0.4) is 0 Å². The highest BCUT2D eigenvalue weighted by Crippen LogP contribution is 2.34. The Labute approximate surface area is 158 Å². The van der Waals surface area contributed by atoms with Gasteiger partial charge in [0.2, 0.25) is 12.7 Å². The third kappa shape index (κ3) is 4.23. The van der Waals surface area contributed by atoms with Gasteiger partial charge in [-0.3, -0.25) is 9.69 Å². The van der Waals surface area contributed by atoms with Gasteiger partial charge in [0.25, 0.3) is 0 Å². The topological polar surface area (TPSA) is 71.0 Å². The molecular weight excluding hydrogens is 344 g/mol. The van der Waals surface area contributed by atoms with E-state index in [1.54, 1.807) is 0 Å². The Kier molecular flexibility index (Phi) is 5.27. The number of β-amino-alcohol motifs (C(OH)–C–C–N with tert-alkyl or cyclic N) is 1. The third-order valence-corrected chi connectivity index (χ3v) is 5.13. The molecule has 2 aliphatic heterocycles. The molecule has 0 aromatic heterocycles. The van der Waals surface area contributed by atoms with E-state index >= 15 is 0 Å². The summed E-state index contributed by atoms with van der Waals surface area (Å²) in [5, 5.41) is 13.6. The van der Waals surface area contributed by atoms with Crippen LogP contribution in [0.1, 0.15) is 24.5 Å². The van der Waals surface area contributed by atoms with E-state index in [1.807, 2.05) is 48.5 Å². The van der Waals surface area contributed by atoms with Crippen LogP contribution in [-0.2, 0) is 4.79 Å². The van der Waals surface area contributed by atoms with Crippen LogP contribution in [0.25, 0.3) is 0 Å². The predicted molar refractivity (Wildman–Crippen MR) is 102 cm³/mol. The molecule has 2 atom stereocenters. The second-order valence-electron chi connectivity index (χ2n) is 7.08. The number of fused-ring (bicyclic) bond motifs is 1. The van der Waals surface area contributed by atoms with Crippen molar-refractivity contribution in [1.82, 2.24) is 4.90 Å². The van der Waals surface area contributed by atoms with Crippen molar-refractivity contribution in [2.75, 3.05) is 31.7 Å². The summed E-state index contributed by atoms with van der Waals surface area (Å²) in [6, 6.07) is 15.0. The second kappa shape index (κ2) is 7.98. The number of hydrogen-bond acceptors (Lipinski definition) is 5. The molecule has 2 aromatic carbocycles. The van der Waals surface area contributed by atoms with Gasteiger partial charge in [0.05, 0.1) is 12.0 Å². The van der Waals surface area contributed by atoms with Crippen molar-refractivity contribution in [3.05, 3.63) is 54.1 Å². The number of hydrogen-bond donors (Lipinski definition) is 2. The van der Waals surface area contributed by atoms with Crippen LogP contribution in [-0.4, -0.2) is 42.3 Å². The highest BCUT2D eigenvalue weighted by Gasteiger charge is 2.27. The molecule has 0 saturated carbocycles. The van der Waals surface area contributed by atoms with Crippen LogP contribution in [0.15, 0.2) is 48.5 Å². The first kappa shape index (κ1) is 17.8. The van der Waals surface area contributed by atoms with Crippen LogP contribution >= 0.6 is 0 Å². The lowest BCUT2D eigenvalue weighted by Gasteiger charge is -2.33. The van der Waals surface area contributed by atoms with Gasteiger partial charge in [-0.1, -0.05) is 24.3 Å². The maximum Gasteiger partial charge on any atom is 0.231 e. The minimum Gasteiger partial charge on any atom is -0.454 e. The average molecular weight is 368 g/mol. The van der Waals surface area contributed by atoms with E-state index < -0.39 is 6.10 Å². The van der Waals surface area contributed by atoms with E-state index in [1.165, 1.54) is 0 Å². The molecule has 0 aliphatic carbocycles. The summed E-state index contributed by atoms with van der Waals surface area (Å²) in [6.07, 6.45) is 1.19. The number of para-hydroxylation sites is 1. The van der Waals surface area contributed by atoms with Crippen molar-refractivity contribution in [2.24, 2.45) is 5.92 Å². The molecule has 1 fully saturated rings. The van der Waals surface area contributed by atoms with Crippen LogP contribution in [0, 0.1) is 5.92 Å². The number of aliphatic hydroxyl groups is 1. The summed E-state index contributed by atoms with van der Waals surface area (Å²) in [5.74, 6) is 1.36. The zero-order chi connectivity index (χ0) is 18.6. The molecule has 6 heteroatoms. The Hall–Kier alpha value is -2.57. The number of benzene rings is 2. The molecule has 2 N–H and O–H groups in total. The molecule has 0 unspecified atom stereocenters. The van der Waals surface area contributed by atoms with Crippen LogP contribution in [0.4, 0.5) is 5.69 Å². The molecule has 1 saturated heterocycles. The Morgan fingerprint density at radius 3 is 2.85 bits per heavy atom. The smallest absolute Gasteiger partial charge is 0.231 e. The van der Waals surface area contributed by atoms with Gasteiger partial charge in [0.15, 0.2) is 11.5 Å². The Morgan fingerprint density at radius 2 is 2.00 bits per heavy atom. The molecule has 0 bridgehead atoms. The van der Waals surface area contributed by atoms with Gasteiger partial charge >= 0.3 is 0 Å². The molecule has 6 nitrogen and oxygen atoms in total. The molecule has 0 spiro atoms. The van der Waals surface area contributed by atoms with Gasteiger partial charge < -0.3 is 19.9 Å². The molecule has 1 amide bonds. The number of carbonyl (C=O) groups excluding carboxylic acids is 1. The minimum atomic E-state index is -0.629. The van der Waals surface area contributed by atoms with Crippen molar-refractivity contribution in [3.8, 4) is 11.5 Å². The quantitative estimate of drug-likeness (QED) is 0.849. The van der Waals surface area contributed by atoms with Crippen molar-refractivity contribution >= 4 is 11.6 Å². The maximum absolute atomic E-state index is 12.6. The minimum absolute atomic E-state index is 0.0449. The van der Waals surface area contributed by atoms with Gasteiger partial charge in [-0.2, -0.15) is 0 Å². The fourth-order valence-electron chi connectivity index (χ4n) is 3.67. The van der Waals surface area contributed by atoms with Crippen LogP contribution in [0.2, 0.25) is 0 Å². The molecule has 2 heterocycles. The van der Waals surface area contributed by atoms with Crippen LogP contribution in [0.5, 0.6) is 11.5 Å². The number of aliphatic hydroxyl groups excluding tert-OH is 1. The van der Waals surface area contributed by atoms with E-state index in [0.717, 1.165) is 30.6 Å². The van der Waals surface area contributed by atoms with Crippen molar-refractivity contribution in [1.29, 1.82) is 0 Å². The fraction of sp³-hybridized carbons (Fsp3) is 0.381. The third-order valence-electron chi connectivity index (χ3n) is 5.13. The van der Waals surface area contributed by atoms with E-state index in [9.17, 15) is 9.90 Å². The average Bonchev–Trinajstić information content (AvgIpc) is 3.17. The first-order valence-electron chi connectivity index (χ1n) is 9.35. The number of likely N-dealkylation sites (tertiary alicyclic amines) is 1. The van der Waals surface area contributed by atoms with Crippen molar-refractivity contribution in [2.45, 2.75) is 18.9 Å². The number of nitrogens with one attached hydrogen (secondary N) is 1. The molecule has 27 heavy (non-hydrogen) atoms. The van der Waals surface area contributed by atoms with Gasteiger partial charge in [-0.05, 0) is 49.2 Å². The highest BCUT2D eigenvalue weighted by molar-refractivity contribution is 5.92. The standard InChI is InChI=1S/C21H24N2O4/c24-18(15-8-9-19-20(11-15)27-14-26-19)13-23-10-4-5-16(12-23)21(25)22-17-6-2-1-3-7-17/h1-3,6-9,11,16,18,24H,4-5,10,12-14H2,(H,22,25)/t16-,18-/m0/s1. The maximum atomic E-state index is 12.6. The van der Waals surface area contributed by atoms with Gasteiger partial charge in [-0.25, -0.2) is 0 Å². The summed E-state index contributed by atoms with van der Waals surface area (Å²) in [4.78, 5) is 14.7. The first-order chi connectivity index (χ1) is 13.2. The van der Waals surface area contributed by atoms with Crippen molar-refractivity contribution < 1.29 is 19.4 Å². The van der Waals surface area contributed by atoms with E-state index in [-0.39, 0.29) is 18.6 Å². The number of amides is 1. The molecular formula is C21H24N2O4. The number of rotatable bonds is 5. The Morgan fingerprint density at radius 1 is 1.19 bits per heavy atom.